The van der Waals surface area contributed by atoms with Crippen LogP contribution in [0.15, 0.2) is 43.5 Å². The molecule has 1 aromatic rings. The van der Waals surface area contributed by atoms with Crippen LogP contribution >= 0.6 is 0 Å². The van der Waals surface area contributed by atoms with Crippen LogP contribution in [0.4, 0.5) is 28.0 Å². The molecule has 0 atom stereocenters. The number of anilines is 1. The lowest BCUT2D eigenvalue weighted by atomic mass is 10.1. The molecule has 5 nitrogen and oxygen atoms in total. The van der Waals surface area contributed by atoms with Crippen molar-refractivity contribution in [3.8, 4) is 0 Å². The lowest BCUT2D eigenvalue weighted by Gasteiger charge is -2.35. The zero-order chi connectivity index (χ0) is 21.4. The monoisotopic (exact) mass is 414 g/mol. The standard InChI is InChI=1S/C20H26F4N4O/c1-3-8-26(9-4-2)10-11-27-12-14-28(15-13-27)19(29)25-17-7-5-6-16(18(17)21)20(22,23)24/h3-7H,1-2,8-15H2,(H,25,29). The van der Waals surface area contributed by atoms with Crippen molar-refractivity contribution in [2.75, 3.05) is 57.7 Å². The van der Waals surface area contributed by atoms with Crippen LogP contribution in [0.2, 0.25) is 0 Å². The number of halogens is 4. The number of nitrogens with one attached hydrogen (secondary N) is 1. The normalized spacial score (nSPS) is 15.4. The third kappa shape index (κ3) is 6.57. The van der Waals surface area contributed by atoms with Gasteiger partial charge in [-0.2, -0.15) is 13.2 Å². The molecular formula is C20H26F4N4O. The molecule has 29 heavy (non-hydrogen) atoms. The van der Waals surface area contributed by atoms with Crippen molar-refractivity contribution in [2.24, 2.45) is 0 Å². The molecule has 0 saturated carbocycles. The molecule has 0 bridgehead atoms. The summed E-state index contributed by atoms with van der Waals surface area (Å²) in [4.78, 5) is 18.2. The van der Waals surface area contributed by atoms with Crippen LogP contribution in [-0.4, -0.2) is 73.1 Å². The van der Waals surface area contributed by atoms with E-state index in [9.17, 15) is 22.4 Å². The van der Waals surface area contributed by atoms with E-state index in [4.69, 9.17) is 0 Å². The van der Waals surface area contributed by atoms with Crippen LogP contribution in [0, 0.1) is 5.82 Å². The zero-order valence-corrected chi connectivity index (χ0v) is 16.2. The van der Waals surface area contributed by atoms with Gasteiger partial charge in [-0.15, -0.1) is 13.2 Å². The molecular weight excluding hydrogens is 388 g/mol. The number of hydrogen-bond donors (Lipinski definition) is 1. The van der Waals surface area contributed by atoms with Gasteiger partial charge in [0.25, 0.3) is 0 Å². The van der Waals surface area contributed by atoms with Gasteiger partial charge in [0.1, 0.15) is 0 Å². The van der Waals surface area contributed by atoms with Gasteiger partial charge < -0.3 is 10.2 Å². The van der Waals surface area contributed by atoms with Crippen molar-refractivity contribution < 1.29 is 22.4 Å². The Bertz CT molecular complexity index is 705. The first-order chi connectivity index (χ1) is 13.8. The number of urea groups is 1. The summed E-state index contributed by atoms with van der Waals surface area (Å²) in [5, 5.41) is 2.25. The molecule has 1 fully saturated rings. The SMILES string of the molecule is C=CCN(CC=C)CCN1CCN(C(=O)Nc2cccc(C(F)(F)F)c2F)CC1. The molecule has 0 spiro atoms. The number of nitrogens with zero attached hydrogens (tertiary/aromatic N) is 3. The zero-order valence-electron chi connectivity index (χ0n) is 16.2. The number of carbonyl (C=O) groups excluding carboxylic acids is 1. The minimum atomic E-state index is -4.82. The highest BCUT2D eigenvalue weighted by Crippen LogP contribution is 2.33. The van der Waals surface area contributed by atoms with Crippen molar-refractivity contribution in [2.45, 2.75) is 6.18 Å². The summed E-state index contributed by atoms with van der Waals surface area (Å²) in [5.41, 5.74) is -1.87. The van der Waals surface area contributed by atoms with E-state index in [1.807, 2.05) is 12.2 Å². The Hall–Kier alpha value is -2.39. The number of hydrogen-bond acceptors (Lipinski definition) is 3. The number of carbonyl (C=O) groups is 1. The van der Waals surface area contributed by atoms with Crippen LogP contribution in [0.3, 0.4) is 0 Å². The van der Waals surface area contributed by atoms with Crippen molar-refractivity contribution in [3.63, 3.8) is 0 Å². The predicted molar refractivity (Wildman–Crippen MR) is 105 cm³/mol. The maximum absolute atomic E-state index is 14.1. The largest absolute Gasteiger partial charge is 0.419 e. The first-order valence-corrected chi connectivity index (χ1v) is 9.34. The molecule has 1 aromatic carbocycles. The molecule has 1 aliphatic rings. The van der Waals surface area contributed by atoms with Crippen molar-refractivity contribution in [1.82, 2.24) is 14.7 Å². The molecule has 0 aliphatic carbocycles. The lowest BCUT2D eigenvalue weighted by molar-refractivity contribution is -0.139. The molecule has 160 valence electrons. The number of amides is 2. The average Bonchev–Trinajstić information content (AvgIpc) is 2.67. The van der Waals surface area contributed by atoms with Gasteiger partial charge in [-0.3, -0.25) is 9.80 Å². The van der Waals surface area contributed by atoms with Crippen LogP contribution in [0.25, 0.3) is 0 Å². The lowest BCUT2D eigenvalue weighted by Crippen LogP contribution is -2.51. The van der Waals surface area contributed by atoms with Crippen molar-refractivity contribution in [3.05, 3.63) is 54.9 Å². The summed E-state index contributed by atoms with van der Waals surface area (Å²) in [6, 6.07) is 2.22. The molecule has 1 N–H and O–H groups in total. The van der Waals surface area contributed by atoms with E-state index >= 15 is 0 Å². The predicted octanol–water partition coefficient (Wildman–Crippen LogP) is 3.67. The van der Waals surface area contributed by atoms with E-state index in [0.717, 1.165) is 38.3 Å². The number of alkyl halides is 3. The second-order valence-electron chi connectivity index (χ2n) is 6.76. The summed E-state index contributed by atoms with van der Waals surface area (Å²) in [6.07, 6.45) is -1.15. The Morgan fingerprint density at radius 3 is 2.31 bits per heavy atom. The van der Waals surface area contributed by atoms with Gasteiger partial charge in [0.2, 0.25) is 0 Å². The van der Waals surface area contributed by atoms with E-state index < -0.39 is 29.3 Å². The Labute approximate surface area is 168 Å². The van der Waals surface area contributed by atoms with Gasteiger partial charge in [-0.05, 0) is 12.1 Å². The average molecular weight is 414 g/mol. The second-order valence-corrected chi connectivity index (χ2v) is 6.76. The Morgan fingerprint density at radius 2 is 1.76 bits per heavy atom. The Kier molecular flexibility index (Phi) is 8.21. The minimum Gasteiger partial charge on any atom is -0.322 e. The summed E-state index contributed by atoms with van der Waals surface area (Å²) in [6.45, 7) is 12.7. The van der Waals surface area contributed by atoms with E-state index in [2.05, 4.69) is 28.3 Å². The maximum Gasteiger partial charge on any atom is 0.419 e. The molecule has 9 heteroatoms. The smallest absolute Gasteiger partial charge is 0.322 e. The topological polar surface area (TPSA) is 38.8 Å². The Morgan fingerprint density at radius 1 is 1.14 bits per heavy atom. The molecule has 1 saturated heterocycles. The molecule has 2 amide bonds. The highest BCUT2D eigenvalue weighted by molar-refractivity contribution is 5.89. The van der Waals surface area contributed by atoms with E-state index in [0.29, 0.717) is 32.2 Å². The quantitative estimate of drug-likeness (QED) is 0.521. The van der Waals surface area contributed by atoms with E-state index in [1.54, 1.807) is 0 Å². The fraction of sp³-hybridized carbons (Fsp3) is 0.450. The highest BCUT2D eigenvalue weighted by Gasteiger charge is 2.35. The van der Waals surface area contributed by atoms with Gasteiger partial charge in [-0.25, -0.2) is 9.18 Å². The third-order valence-electron chi connectivity index (χ3n) is 4.71. The summed E-state index contributed by atoms with van der Waals surface area (Å²) < 4.78 is 52.5. The van der Waals surface area contributed by atoms with Gasteiger partial charge in [0, 0.05) is 52.4 Å². The molecule has 0 unspecified atom stereocenters. The molecule has 2 rings (SSSR count). The minimum absolute atomic E-state index is 0.412. The maximum atomic E-state index is 14.1. The van der Waals surface area contributed by atoms with Gasteiger partial charge in [-0.1, -0.05) is 18.2 Å². The molecule has 1 heterocycles. The van der Waals surface area contributed by atoms with Crippen LogP contribution in [-0.2, 0) is 6.18 Å². The second kappa shape index (κ2) is 10.4. The molecule has 0 radical (unpaired) electrons. The van der Waals surface area contributed by atoms with Crippen molar-refractivity contribution in [1.29, 1.82) is 0 Å². The molecule has 0 aromatic heterocycles. The van der Waals surface area contributed by atoms with Gasteiger partial charge >= 0.3 is 12.2 Å². The van der Waals surface area contributed by atoms with E-state index in [1.165, 1.54) is 4.90 Å². The highest BCUT2D eigenvalue weighted by atomic mass is 19.4. The van der Waals surface area contributed by atoms with Gasteiger partial charge in [0.15, 0.2) is 5.82 Å². The van der Waals surface area contributed by atoms with Crippen LogP contribution < -0.4 is 5.32 Å². The fourth-order valence-corrected chi connectivity index (χ4v) is 3.12. The van der Waals surface area contributed by atoms with Crippen LogP contribution in [0.1, 0.15) is 5.56 Å². The Balaban J connectivity index is 1.86. The summed E-state index contributed by atoms with van der Waals surface area (Å²) in [7, 11) is 0. The first kappa shape index (κ1) is 22.9. The van der Waals surface area contributed by atoms with Gasteiger partial charge in [0.05, 0.1) is 11.3 Å². The van der Waals surface area contributed by atoms with Crippen LogP contribution in [0.5, 0.6) is 0 Å². The summed E-state index contributed by atoms with van der Waals surface area (Å²) >= 11 is 0. The molecule has 1 aliphatic heterocycles. The summed E-state index contributed by atoms with van der Waals surface area (Å²) in [5.74, 6) is -1.48. The van der Waals surface area contributed by atoms with Crippen molar-refractivity contribution >= 4 is 11.7 Å². The first-order valence-electron chi connectivity index (χ1n) is 9.34. The number of rotatable bonds is 8. The fourth-order valence-electron chi connectivity index (χ4n) is 3.12. The third-order valence-corrected chi connectivity index (χ3v) is 4.71. The number of benzene rings is 1. The number of piperazine rings is 1. The van der Waals surface area contributed by atoms with E-state index in [-0.39, 0.29) is 0 Å².